The number of rotatable bonds is 4. The van der Waals surface area contributed by atoms with Crippen LogP contribution in [0.3, 0.4) is 0 Å². The van der Waals surface area contributed by atoms with Crippen LogP contribution in [-0.2, 0) is 0 Å². The summed E-state index contributed by atoms with van der Waals surface area (Å²) in [6, 6.07) is 14.4. The van der Waals surface area contributed by atoms with Gasteiger partial charge in [0.1, 0.15) is 5.82 Å². The zero-order valence-electron chi connectivity index (χ0n) is 10.7. The number of nitrogen functional groups attached to an aromatic ring is 1. The summed E-state index contributed by atoms with van der Waals surface area (Å²) in [5.74, 6) is 0.993. The van der Waals surface area contributed by atoms with E-state index in [1.807, 2.05) is 25.1 Å². The number of hydrogen-bond acceptors (Lipinski definition) is 4. The van der Waals surface area contributed by atoms with E-state index < -0.39 is 0 Å². The predicted molar refractivity (Wildman–Crippen MR) is 76.8 cm³/mol. The summed E-state index contributed by atoms with van der Waals surface area (Å²) < 4.78 is 0. The van der Waals surface area contributed by atoms with Crippen LogP contribution >= 0.6 is 0 Å². The van der Waals surface area contributed by atoms with Crippen molar-refractivity contribution in [2.45, 2.75) is 13.3 Å². The summed E-state index contributed by atoms with van der Waals surface area (Å²) in [7, 11) is 0. The van der Waals surface area contributed by atoms with Gasteiger partial charge in [-0.05, 0) is 19.1 Å². The fourth-order valence-electron chi connectivity index (χ4n) is 1.70. The molecule has 1 aromatic heterocycles. The number of nitrogens with two attached hydrogens (primary N) is 1. The third-order valence-electron chi connectivity index (χ3n) is 2.57. The van der Waals surface area contributed by atoms with Crippen LogP contribution in [0, 0.1) is 0 Å². The number of hydrogen-bond donors (Lipinski definition) is 1. The molecule has 0 saturated heterocycles. The van der Waals surface area contributed by atoms with Crippen LogP contribution < -0.4 is 5.73 Å². The standard InChI is InChI=1S/C15H15N3O/c1-11(17-15-9-5-8-14(16)18-15)10-13(19)12-6-3-2-4-7-12/h2-9H,10H2,1H3,(H2,16,18)/b17-11+. The zero-order valence-corrected chi connectivity index (χ0v) is 10.7. The van der Waals surface area contributed by atoms with Crippen molar-refractivity contribution in [3.63, 3.8) is 0 Å². The maximum Gasteiger partial charge on any atom is 0.168 e. The molecule has 96 valence electrons. The molecule has 0 aliphatic rings. The Hall–Kier alpha value is -2.49. The Morgan fingerprint density at radius 3 is 2.58 bits per heavy atom. The number of benzene rings is 1. The molecule has 0 saturated carbocycles. The Morgan fingerprint density at radius 2 is 1.89 bits per heavy atom. The van der Waals surface area contributed by atoms with Crippen LogP contribution in [0.5, 0.6) is 0 Å². The predicted octanol–water partition coefficient (Wildman–Crippen LogP) is 3.03. The van der Waals surface area contributed by atoms with Crippen molar-refractivity contribution in [1.82, 2.24) is 4.98 Å². The highest BCUT2D eigenvalue weighted by atomic mass is 16.1. The third-order valence-corrected chi connectivity index (χ3v) is 2.57. The first-order valence-corrected chi connectivity index (χ1v) is 6.00. The fourth-order valence-corrected chi connectivity index (χ4v) is 1.70. The quantitative estimate of drug-likeness (QED) is 0.672. The maximum absolute atomic E-state index is 12.0. The number of ketones is 1. The molecule has 4 heteroatoms. The van der Waals surface area contributed by atoms with Crippen LogP contribution in [0.2, 0.25) is 0 Å². The Bertz CT molecular complexity index is 606. The summed E-state index contributed by atoms with van der Waals surface area (Å²) in [5, 5.41) is 0. The Balaban J connectivity index is 2.09. The molecule has 1 heterocycles. The van der Waals surface area contributed by atoms with E-state index in [0.717, 1.165) is 0 Å². The van der Waals surface area contributed by atoms with E-state index in [1.54, 1.807) is 30.3 Å². The summed E-state index contributed by atoms with van der Waals surface area (Å²) in [6.07, 6.45) is 0.278. The van der Waals surface area contributed by atoms with E-state index in [1.165, 1.54) is 0 Å². The molecule has 4 nitrogen and oxygen atoms in total. The average Bonchev–Trinajstić information content (AvgIpc) is 2.39. The molecule has 0 unspecified atom stereocenters. The second-order valence-corrected chi connectivity index (χ2v) is 4.23. The van der Waals surface area contributed by atoms with Crippen molar-refractivity contribution < 1.29 is 4.79 Å². The first kappa shape index (κ1) is 13.0. The lowest BCUT2D eigenvalue weighted by Crippen LogP contribution is -2.05. The smallest absolute Gasteiger partial charge is 0.168 e. The highest BCUT2D eigenvalue weighted by molar-refractivity contribution is 6.09. The van der Waals surface area contributed by atoms with E-state index in [-0.39, 0.29) is 12.2 Å². The van der Waals surface area contributed by atoms with Crippen LogP contribution in [0.4, 0.5) is 11.6 Å². The minimum absolute atomic E-state index is 0.0470. The van der Waals surface area contributed by atoms with Gasteiger partial charge in [-0.1, -0.05) is 36.4 Å². The summed E-state index contributed by atoms with van der Waals surface area (Å²) >= 11 is 0. The Labute approximate surface area is 112 Å². The van der Waals surface area contributed by atoms with Crippen molar-refractivity contribution >= 4 is 23.1 Å². The molecule has 0 fully saturated rings. The average molecular weight is 253 g/mol. The van der Waals surface area contributed by atoms with Gasteiger partial charge in [0.05, 0.1) is 0 Å². The lowest BCUT2D eigenvalue weighted by molar-refractivity contribution is 0.100. The summed E-state index contributed by atoms with van der Waals surface area (Å²) in [5.41, 5.74) is 6.99. The normalized spacial score (nSPS) is 11.3. The molecule has 2 aromatic rings. The Morgan fingerprint density at radius 1 is 1.16 bits per heavy atom. The van der Waals surface area contributed by atoms with Crippen molar-refractivity contribution in [2.75, 3.05) is 5.73 Å². The second kappa shape index (κ2) is 5.91. The van der Waals surface area contributed by atoms with Gasteiger partial charge in [0, 0.05) is 17.7 Å². The molecule has 0 spiro atoms. The van der Waals surface area contributed by atoms with Gasteiger partial charge < -0.3 is 5.73 Å². The fraction of sp³-hybridized carbons (Fsp3) is 0.133. The van der Waals surface area contributed by atoms with Crippen LogP contribution in [0.1, 0.15) is 23.7 Å². The van der Waals surface area contributed by atoms with Crippen molar-refractivity contribution in [3.8, 4) is 0 Å². The molecule has 19 heavy (non-hydrogen) atoms. The molecule has 2 rings (SSSR count). The highest BCUT2D eigenvalue weighted by Gasteiger charge is 2.06. The van der Waals surface area contributed by atoms with Gasteiger partial charge >= 0.3 is 0 Å². The Kier molecular flexibility index (Phi) is 4.03. The molecule has 0 bridgehead atoms. The molecular formula is C15H15N3O. The van der Waals surface area contributed by atoms with Gasteiger partial charge in [0.15, 0.2) is 11.6 Å². The van der Waals surface area contributed by atoms with Gasteiger partial charge in [-0.15, -0.1) is 0 Å². The largest absolute Gasteiger partial charge is 0.384 e. The van der Waals surface area contributed by atoms with Crippen molar-refractivity contribution in [1.29, 1.82) is 0 Å². The monoisotopic (exact) mass is 253 g/mol. The van der Waals surface area contributed by atoms with Gasteiger partial charge in [-0.25, -0.2) is 9.98 Å². The highest BCUT2D eigenvalue weighted by Crippen LogP contribution is 2.12. The number of pyridine rings is 1. The number of aliphatic imine (C=N–C) groups is 1. The summed E-state index contributed by atoms with van der Waals surface area (Å²) in [4.78, 5) is 20.3. The van der Waals surface area contributed by atoms with Gasteiger partial charge in [0.25, 0.3) is 0 Å². The lowest BCUT2D eigenvalue weighted by atomic mass is 10.1. The zero-order chi connectivity index (χ0) is 13.7. The van der Waals surface area contributed by atoms with E-state index in [4.69, 9.17) is 5.73 Å². The minimum Gasteiger partial charge on any atom is -0.384 e. The van der Waals surface area contributed by atoms with Gasteiger partial charge in [-0.3, -0.25) is 4.79 Å². The number of nitrogens with zero attached hydrogens (tertiary/aromatic N) is 2. The van der Waals surface area contributed by atoms with Gasteiger partial charge in [-0.2, -0.15) is 0 Å². The number of carbonyl (C=O) groups is 1. The molecule has 0 atom stereocenters. The van der Waals surface area contributed by atoms with E-state index in [0.29, 0.717) is 22.9 Å². The molecular weight excluding hydrogens is 238 g/mol. The van der Waals surface area contributed by atoms with Gasteiger partial charge in [0.2, 0.25) is 0 Å². The third kappa shape index (κ3) is 3.74. The molecule has 0 radical (unpaired) electrons. The van der Waals surface area contributed by atoms with Crippen LogP contribution in [0.25, 0.3) is 0 Å². The first-order chi connectivity index (χ1) is 9.15. The molecule has 0 amide bonds. The van der Waals surface area contributed by atoms with E-state index in [2.05, 4.69) is 9.98 Å². The first-order valence-electron chi connectivity index (χ1n) is 6.00. The van der Waals surface area contributed by atoms with Crippen LogP contribution in [0.15, 0.2) is 53.5 Å². The minimum atomic E-state index is 0.0470. The van der Waals surface area contributed by atoms with Crippen LogP contribution in [-0.4, -0.2) is 16.5 Å². The second-order valence-electron chi connectivity index (χ2n) is 4.23. The van der Waals surface area contributed by atoms with E-state index >= 15 is 0 Å². The van der Waals surface area contributed by atoms with E-state index in [9.17, 15) is 4.79 Å². The number of carbonyl (C=O) groups excluding carboxylic acids is 1. The number of aromatic nitrogens is 1. The van der Waals surface area contributed by atoms with Crippen molar-refractivity contribution in [3.05, 3.63) is 54.1 Å². The number of anilines is 1. The van der Waals surface area contributed by atoms with Crippen molar-refractivity contribution in [2.24, 2.45) is 4.99 Å². The molecule has 1 aromatic carbocycles. The molecule has 2 N–H and O–H groups in total. The maximum atomic E-state index is 12.0. The SMILES string of the molecule is C/C(CC(=O)c1ccccc1)=N\c1cccc(N)n1. The molecule has 0 aliphatic carbocycles. The number of Topliss-reactive ketones (excluding diaryl/α,β-unsaturated/α-hetero) is 1. The lowest BCUT2D eigenvalue weighted by Gasteiger charge is -2.01. The topological polar surface area (TPSA) is 68.3 Å². The summed E-state index contributed by atoms with van der Waals surface area (Å²) in [6.45, 7) is 1.81. The molecule has 0 aliphatic heterocycles.